The van der Waals surface area contributed by atoms with E-state index < -0.39 is 0 Å². The quantitative estimate of drug-likeness (QED) is 0.183. The van der Waals surface area contributed by atoms with E-state index in [0.29, 0.717) is 5.82 Å². The Morgan fingerprint density at radius 3 is 1.59 bits per heavy atom. The number of para-hydroxylation sites is 1. The molecule has 3 nitrogen and oxygen atoms in total. The second-order valence-corrected chi connectivity index (χ2v) is 12.6. The third-order valence-corrected chi connectivity index (χ3v) is 9.76. The van der Waals surface area contributed by atoms with Gasteiger partial charge in [0, 0.05) is 38.5 Å². The third kappa shape index (κ3) is 4.37. The van der Waals surface area contributed by atoms with Crippen LogP contribution in [0.15, 0.2) is 176 Å². The van der Waals surface area contributed by atoms with Crippen LogP contribution in [0.25, 0.3) is 93.7 Å². The van der Waals surface area contributed by atoms with Crippen molar-refractivity contribution in [2.75, 3.05) is 0 Å². The van der Waals surface area contributed by atoms with E-state index in [-0.39, 0.29) is 0 Å². The van der Waals surface area contributed by atoms with Crippen molar-refractivity contribution < 1.29 is 0 Å². The van der Waals surface area contributed by atoms with E-state index in [9.17, 15) is 0 Å². The Labute approximate surface area is 283 Å². The van der Waals surface area contributed by atoms with Crippen molar-refractivity contribution >= 4 is 54.1 Å². The lowest BCUT2D eigenvalue weighted by molar-refractivity contribution is 1.17. The molecule has 0 unspecified atom stereocenters. The van der Waals surface area contributed by atoms with E-state index in [4.69, 9.17) is 9.97 Å². The normalized spacial score (nSPS) is 11.7. The summed E-state index contributed by atoms with van der Waals surface area (Å²) in [6, 6.07) is 62.5. The Bertz CT molecular complexity index is 2800. The molecule has 3 heteroatoms. The Hall–Kier alpha value is -6.58. The molecule has 0 N–H and O–H groups in total. The smallest absolute Gasteiger partial charge is 0.160 e. The monoisotopic (exact) mass is 623 g/mol. The molecule has 10 aromatic rings. The number of nitrogens with zero attached hydrogens (tertiary/aromatic N) is 3. The maximum absolute atomic E-state index is 5.18. The SMILES string of the molecule is c1ccc(-c2cc(-c3ccccc3)nc(-c3ccc4c5c6ccccc6c6ccc7ccccc7c6c5n(-c5ccccc5)c4c3)n2)cc1. The van der Waals surface area contributed by atoms with E-state index >= 15 is 0 Å². The van der Waals surface area contributed by atoms with Crippen molar-refractivity contribution in [2.24, 2.45) is 0 Å². The lowest BCUT2D eigenvalue weighted by atomic mass is 9.93. The van der Waals surface area contributed by atoms with Gasteiger partial charge in [-0.15, -0.1) is 0 Å². The molecule has 2 heterocycles. The van der Waals surface area contributed by atoms with Gasteiger partial charge in [0.05, 0.1) is 22.4 Å². The first kappa shape index (κ1) is 27.5. The molecular formula is C46H29N3. The fourth-order valence-electron chi connectivity index (χ4n) is 7.56. The number of benzene rings is 8. The highest BCUT2D eigenvalue weighted by Crippen LogP contribution is 2.45. The zero-order valence-corrected chi connectivity index (χ0v) is 26.6. The Morgan fingerprint density at radius 1 is 0.367 bits per heavy atom. The van der Waals surface area contributed by atoms with Crippen molar-refractivity contribution in [2.45, 2.75) is 0 Å². The van der Waals surface area contributed by atoms with Crippen LogP contribution in [0.1, 0.15) is 0 Å². The minimum Gasteiger partial charge on any atom is -0.309 e. The van der Waals surface area contributed by atoms with Gasteiger partial charge in [0.2, 0.25) is 0 Å². The summed E-state index contributed by atoms with van der Waals surface area (Å²) >= 11 is 0. The molecule has 0 radical (unpaired) electrons. The maximum atomic E-state index is 5.18. The fourth-order valence-corrected chi connectivity index (χ4v) is 7.56. The van der Waals surface area contributed by atoms with Gasteiger partial charge in [-0.2, -0.15) is 0 Å². The molecule has 8 aromatic carbocycles. The summed E-state index contributed by atoms with van der Waals surface area (Å²) in [6.07, 6.45) is 0. The molecule has 0 aliphatic rings. The third-order valence-electron chi connectivity index (χ3n) is 9.76. The van der Waals surface area contributed by atoms with Crippen LogP contribution < -0.4 is 0 Å². The lowest BCUT2D eigenvalue weighted by Gasteiger charge is -2.14. The highest BCUT2D eigenvalue weighted by molar-refractivity contribution is 6.36. The molecule has 49 heavy (non-hydrogen) atoms. The minimum atomic E-state index is 0.701. The van der Waals surface area contributed by atoms with Gasteiger partial charge in [-0.05, 0) is 51.2 Å². The molecule has 0 saturated carbocycles. The standard InChI is InChI=1S/C46H29N3/c1-4-15-31(16-5-1)40-29-41(32-17-6-2-7-18-32)48-46(47-40)33-25-27-39-42(28-33)49(34-19-8-3-9-20-34)45-43-35-21-11-10-14-30(35)24-26-38(43)36-22-12-13-23-37(36)44(39)45/h1-29H. The number of hydrogen-bond acceptors (Lipinski definition) is 2. The van der Waals surface area contributed by atoms with E-state index in [2.05, 4.69) is 168 Å². The van der Waals surface area contributed by atoms with Crippen molar-refractivity contribution in [3.63, 3.8) is 0 Å². The van der Waals surface area contributed by atoms with E-state index in [0.717, 1.165) is 39.3 Å². The van der Waals surface area contributed by atoms with E-state index in [1.165, 1.54) is 48.6 Å². The van der Waals surface area contributed by atoms with Crippen LogP contribution in [0.4, 0.5) is 0 Å². The van der Waals surface area contributed by atoms with Crippen LogP contribution in [-0.2, 0) is 0 Å². The zero-order valence-electron chi connectivity index (χ0n) is 26.6. The molecular weight excluding hydrogens is 595 g/mol. The molecule has 0 amide bonds. The maximum Gasteiger partial charge on any atom is 0.160 e. The molecule has 0 bridgehead atoms. The summed E-state index contributed by atoms with van der Waals surface area (Å²) in [7, 11) is 0. The summed E-state index contributed by atoms with van der Waals surface area (Å²) in [6.45, 7) is 0. The first-order valence-corrected chi connectivity index (χ1v) is 16.7. The molecule has 0 aliphatic heterocycles. The number of rotatable bonds is 4. The average Bonchev–Trinajstić information content (AvgIpc) is 3.53. The summed E-state index contributed by atoms with van der Waals surface area (Å²) in [4.78, 5) is 10.4. The number of fused-ring (bicyclic) bond motifs is 10. The van der Waals surface area contributed by atoms with Crippen molar-refractivity contribution in [3.05, 3.63) is 176 Å². The predicted molar refractivity (Wildman–Crippen MR) is 205 cm³/mol. The fraction of sp³-hybridized carbons (Fsp3) is 0. The minimum absolute atomic E-state index is 0.701. The van der Waals surface area contributed by atoms with Gasteiger partial charge in [0.15, 0.2) is 5.82 Å². The number of hydrogen-bond donors (Lipinski definition) is 0. The van der Waals surface area contributed by atoms with Crippen molar-refractivity contribution in [1.82, 2.24) is 14.5 Å². The van der Waals surface area contributed by atoms with Crippen molar-refractivity contribution in [3.8, 4) is 39.6 Å². The van der Waals surface area contributed by atoms with Gasteiger partial charge in [-0.25, -0.2) is 9.97 Å². The van der Waals surface area contributed by atoms with Crippen LogP contribution in [0.5, 0.6) is 0 Å². The predicted octanol–water partition coefficient (Wildman–Crippen LogP) is 12.0. The molecule has 2 aromatic heterocycles. The summed E-state index contributed by atoms with van der Waals surface area (Å²) in [5.74, 6) is 0.701. The largest absolute Gasteiger partial charge is 0.309 e. The van der Waals surface area contributed by atoms with Crippen molar-refractivity contribution in [1.29, 1.82) is 0 Å². The Morgan fingerprint density at radius 2 is 0.898 bits per heavy atom. The lowest BCUT2D eigenvalue weighted by Crippen LogP contribution is -1.97. The van der Waals surface area contributed by atoms with Crippen LogP contribution in [-0.4, -0.2) is 14.5 Å². The Kier molecular flexibility index (Phi) is 6.18. The van der Waals surface area contributed by atoms with Gasteiger partial charge < -0.3 is 4.57 Å². The molecule has 228 valence electrons. The van der Waals surface area contributed by atoms with Crippen LogP contribution in [0.2, 0.25) is 0 Å². The van der Waals surface area contributed by atoms with Gasteiger partial charge in [-0.1, -0.05) is 152 Å². The second-order valence-electron chi connectivity index (χ2n) is 12.6. The van der Waals surface area contributed by atoms with E-state index in [1.807, 2.05) is 12.1 Å². The zero-order chi connectivity index (χ0) is 32.3. The topological polar surface area (TPSA) is 30.7 Å². The Balaban J connectivity index is 1.35. The molecule has 0 fully saturated rings. The molecule has 0 saturated heterocycles. The van der Waals surface area contributed by atoms with Gasteiger partial charge in [0.1, 0.15) is 0 Å². The van der Waals surface area contributed by atoms with Crippen LogP contribution in [0, 0.1) is 0 Å². The highest BCUT2D eigenvalue weighted by atomic mass is 15.0. The first-order valence-electron chi connectivity index (χ1n) is 16.7. The van der Waals surface area contributed by atoms with Gasteiger partial charge >= 0.3 is 0 Å². The molecule has 0 atom stereocenters. The average molecular weight is 624 g/mol. The van der Waals surface area contributed by atoms with E-state index in [1.54, 1.807) is 0 Å². The summed E-state index contributed by atoms with van der Waals surface area (Å²) < 4.78 is 2.45. The van der Waals surface area contributed by atoms with Crippen LogP contribution >= 0.6 is 0 Å². The first-order chi connectivity index (χ1) is 24.3. The molecule has 10 rings (SSSR count). The molecule has 0 spiro atoms. The number of aromatic nitrogens is 3. The van der Waals surface area contributed by atoms with Crippen LogP contribution in [0.3, 0.4) is 0 Å². The summed E-state index contributed by atoms with van der Waals surface area (Å²) in [5, 5.41) is 9.99. The highest BCUT2D eigenvalue weighted by Gasteiger charge is 2.21. The van der Waals surface area contributed by atoms with Gasteiger partial charge in [-0.3, -0.25) is 0 Å². The second kappa shape index (κ2) is 11.0. The molecule has 0 aliphatic carbocycles. The summed E-state index contributed by atoms with van der Waals surface area (Å²) in [5.41, 5.74) is 8.36. The van der Waals surface area contributed by atoms with Gasteiger partial charge in [0.25, 0.3) is 0 Å².